The van der Waals surface area contributed by atoms with Crippen LogP contribution in [0.2, 0.25) is 0 Å². The Hall–Kier alpha value is -8.71. The maximum absolute atomic E-state index is 15.9. The van der Waals surface area contributed by atoms with E-state index in [1.165, 1.54) is 22.8 Å². The van der Waals surface area contributed by atoms with Crippen LogP contribution >= 0.6 is 0 Å². The van der Waals surface area contributed by atoms with Gasteiger partial charge in [0.2, 0.25) is 30.1 Å². The highest BCUT2D eigenvalue weighted by Crippen LogP contribution is 2.65. The molecule has 14 atom stereocenters. The molecular weight excluding hydrogens is 1820 g/mol. The minimum absolute atomic E-state index is 0.000692. The highest BCUT2D eigenvalue weighted by molar-refractivity contribution is 7.93. The van der Waals surface area contributed by atoms with E-state index in [1.54, 1.807) is 62.4 Å². The van der Waals surface area contributed by atoms with E-state index < -0.39 is 257 Å². The van der Waals surface area contributed by atoms with E-state index in [-0.39, 0.29) is 109 Å². The summed E-state index contributed by atoms with van der Waals surface area (Å²) in [6.07, 6.45) is -14.4. The zero-order valence-corrected chi connectivity index (χ0v) is 72.7. The Labute approximate surface area is 723 Å². The van der Waals surface area contributed by atoms with Gasteiger partial charge in [0.15, 0.2) is 64.2 Å². The van der Waals surface area contributed by atoms with Crippen LogP contribution < -0.4 is 28.4 Å². The number of methoxy groups -OCH3 is 2. The lowest BCUT2D eigenvalue weighted by Crippen LogP contribution is -2.64. The number of sulfone groups is 3. The third-order valence-corrected chi connectivity index (χ3v) is 41.2. The van der Waals surface area contributed by atoms with Gasteiger partial charge in [-0.15, -0.1) is 0 Å². The molecule has 9 aliphatic rings. The summed E-state index contributed by atoms with van der Waals surface area (Å²) >= 11 is 0. The van der Waals surface area contributed by atoms with Crippen molar-refractivity contribution in [2.75, 3.05) is 39.8 Å². The summed E-state index contributed by atoms with van der Waals surface area (Å²) in [5.74, 6) is -11.8. The van der Waals surface area contributed by atoms with E-state index in [0.29, 0.717) is 59.0 Å². The van der Waals surface area contributed by atoms with Crippen molar-refractivity contribution in [2.24, 2.45) is 35.5 Å². The average Bonchev–Trinajstić information content (AvgIpc) is 0.692. The van der Waals surface area contributed by atoms with Crippen molar-refractivity contribution >= 4 is 59.6 Å². The van der Waals surface area contributed by atoms with E-state index in [4.69, 9.17) is 23.7 Å². The van der Waals surface area contributed by atoms with Crippen molar-refractivity contribution in [1.82, 2.24) is 13.3 Å². The first-order chi connectivity index (χ1) is 59.6. The van der Waals surface area contributed by atoms with Crippen molar-refractivity contribution in [3.63, 3.8) is 0 Å². The quantitative estimate of drug-likeness (QED) is 0.0991. The molecule has 0 bridgehead atoms. The monoisotopic (exact) mass is 1910 g/mol. The van der Waals surface area contributed by atoms with Gasteiger partial charge in [-0.3, -0.25) is 0 Å². The SMILES string of the molecule is CC[C@@H]1CC2[C@@H](CC[C@@]3(S(=O)(=O)c4ccc(C(F)(F)F)cc4)c4c(F)ccc(F)c4OC[C@@H]23)N(Cc2ccc(OC)cc2)S1(=O)=O.CC[C@@H]1CC2[C@@H](CC[C@@]3(S(=O)(=O)c4ccc(C(F)(F)F)cc4)c4c(F)ccc(F)c4OC[C@@H]23)NS1(=O)=O.COc1ccc(CN2[C@@H]3CC[C@@]4(S(=O)(=O)c5ccc(C(F)(F)F)cc5)c5c(F)ccc(F)c5OC[C@H]4C3CCS2(=O)=O)cc1. The van der Waals surface area contributed by atoms with Gasteiger partial charge in [-0.05, 0) is 233 Å². The number of alkyl halides is 9. The van der Waals surface area contributed by atoms with Crippen molar-refractivity contribution in [2.45, 2.75) is 174 Å². The molecule has 3 saturated heterocycles. The van der Waals surface area contributed by atoms with Gasteiger partial charge in [0.1, 0.15) is 43.2 Å². The topological polar surface area (TPSA) is 269 Å². The first kappa shape index (κ1) is 93.0. The molecule has 17 rings (SSSR count). The summed E-state index contributed by atoms with van der Waals surface area (Å²) in [5, 5.41) is -1.72. The molecule has 3 aliphatic carbocycles. The molecule has 127 heavy (non-hydrogen) atoms. The van der Waals surface area contributed by atoms with Gasteiger partial charge in [0, 0.05) is 49.0 Å². The van der Waals surface area contributed by atoms with Crippen LogP contribution in [0.5, 0.6) is 28.7 Å². The molecule has 6 aliphatic heterocycles. The van der Waals surface area contributed by atoms with Crippen molar-refractivity contribution in [3.8, 4) is 28.7 Å². The number of halogens is 15. The fourth-order valence-corrected chi connectivity index (χ4v) is 34.2. The molecule has 686 valence electrons. The molecule has 41 heteroatoms. The molecule has 20 nitrogen and oxygen atoms in total. The molecule has 8 aromatic rings. The van der Waals surface area contributed by atoms with Crippen LogP contribution in [0.25, 0.3) is 0 Å². The van der Waals surface area contributed by atoms with Gasteiger partial charge in [0.05, 0.1) is 98.4 Å². The summed E-state index contributed by atoms with van der Waals surface area (Å²) in [5.41, 5.74) is -3.36. The lowest BCUT2D eigenvalue weighted by molar-refractivity contribution is -0.138. The number of ether oxygens (including phenoxy) is 5. The van der Waals surface area contributed by atoms with E-state index in [2.05, 4.69) is 4.72 Å². The van der Waals surface area contributed by atoms with Crippen molar-refractivity contribution in [1.29, 1.82) is 0 Å². The van der Waals surface area contributed by atoms with E-state index in [9.17, 15) is 94.4 Å². The average molecular weight is 1910 g/mol. The Kier molecular flexibility index (Phi) is 24.6. The molecule has 3 unspecified atom stereocenters. The lowest BCUT2D eigenvalue weighted by atomic mass is 9.64. The summed E-state index contributed by atoms with van der Waals surface area (Å²) in [6.45, 7) is 2.35. The Morgan fingerprint density at radius 1 is 0.409 bits per heavy atom. The Bertz CT molecular complexity index is 6290. The van der Waals surface area contributed by atoms with Gasteiger partial charge in [-0.2, -0.15) is 48.1 Å². The number of rotatable bonds is 14. The molecular formula is C86H84F15N3O17S6. The summed E-state index contributed by atoms with van der Waals surface area (Å²) < 4.78 is 405. The number of sulfonamides is 3. The van der Waals surface area contributed by atoms with Gasteiger partial charge in [-0.25, -0.2) is 81.6 Å². The molecule has 0 amide bonds. The Morgan fingerprint density at radius 2 is 0.732 bits per heavy atom. The number of fused-ring (bicyclic) bond motifs is 15. The van der Waals surface area contributed by atoms with Gasteiger partial charge >= 0.3 is 18.5 Å². The van der Waals surface area contributed by atoms with Crippen LogP contribution in [0.1, 0.15) is 129 Å². The highest BCUT2D eigenvalue weighted by Gasteiger charge is 2.69. The second-order valence-corrected chi connectivity index (χ2v) is 46.0. The van der Waals surface area contributed by atoms with Crippen LogP contribution in [-0.2, 0) is 105 Å². The summed E-state index contributed by atoms with van der Waals surface area (Å²) in [6, 6.07) is 25.3. The standard InChI is InChI=1S/C32H32F5NO6S2.C30H28F5NO6S2.C24H24F5NO5S2/c1-3-22-16-24-25-18-44-30-27(34)13-12-26(33)29(30)31(25,45(39,40)23-10-6-20(7-11-23)32(35,36)37)15-14-28(24)38(46(22,41)42)17-19-4-8-21(43-2)9-5-19;1-41-20-6-2-18(3-7-20)16-36-26-12-14-29(44(39,40)21-8-4-19(5-9-21)30(33,34)35)23(22(26)13-15-43(36,37)38)17-42-28-25(32)11-10-24(31)27(28)29;1-2-14-11-16-17-12-35-22-19(26)8-7-18(25)21(22)23(17,10-9-20(16)30-37(14,33)34)36(31,32)15-5-3-13(4-6-15)24(27,28)29/h4-13,22,24-25,28H,3,14-18H2,1-2H3;2-11,22-23,26H,12-17H2,1H3;3-8,14,16-17,20,30H,2,9-12H2,1H3/t22-,24?,25+,28-,31+;22?,23-,26+,29-;14-,16?,17+,20-,23+/m101/s1. The molecule has 3 saturated carbocycles. The Morgan fingerprint density at radius 3 is 1.09 bits per heavy atom. The summed E-state index contributed by atoms with van der Waals surface area (Å²) in [7, 11) is -22.4. The third kappa shape index (κ3) is 15.7. The molecule has 6 fully saturated rings. The smallest absolute Gasteiger partial charge is 0.416 e. The fourth-order valence-electron chi connectivity index (χ4n) is 21.1. The first-order valence-electron chi connectivity index (χ1n) is 40.5. The second kappa shape index (κ2) is 33.6. The van der Waals surface area contributed by atoms with Crippen LogP contribution in [0, 0.1) is 70.4 Å². The maximum atomic E-state index is 15.9. The van der Waals surface area contributed by atoms with Gasteiger partial charge < -0.3 is 23.7 Å². The molecule has 8 aromatic carbocycles. The van der Waals surface area contributed by atoms with Gasteiger partial charge in [0.25, 0.3) is 0 Å². The molecule has 0 radical (unpaired) electrons. The molecule has 6 heterocycles. The fraction of sp³-hybridized carbons (Fsp3) is 0.442. The van der Waals surface area contributed by atoms with Crippen molar-refractivity contribution < 1.29 is 140 Å². The number of nitrogens with one attached hydrogen (secondary N) is 1. The van der Waals surface area contributed by atoms with Crippen LogP contribution in [0.15, 0.2) is 172 Å². The van der Waals surface area contributed by atoms with E-state index >= 15 is 22.0 Å². The molecule has 0 spiro atoms. The maximum Gasteiger partial charge on any atom is 0.416 e. The van der Waals surface area contributed by atoms with Crippen LogP contribution in [0.4, 0.5) is 65.9 Å². The van der Waals surface area contributed by atoms with Crippen molar-refractivity contribution in [3.05, 3.63) is 237 Å². The third-order valence-electron chi connectivity index (χ3n) is 27.2. The lowest BCUT2D eigenvalue weighted by Gasteiger charge is -2.57. The zero-order valence-electron chi connectivity index (χ0n) is 67.8. The largest absolute Gasteiger partial charge is 0.497 e. The highest BCUT2D eigenvalue weighted by atomic mass is 32.2. The number of benzene rings is 8. The zero-order chi connectivity index (χ0) is 91.9. The van der Waals surface area contributed by atoms with Crippen LogP contribution in [-0.4, -0.2) is 128 Å². The molecule has 1 N–H and O–H groups in total. The predicted octanol–water partition coefficient (Wildman–Crippen LogP) is 16.7. The minimum atomic E-state index is -4.72. The second-order valence-electron chi connectivity index (χ2n) is 33.2. The normalized spacial score (nSPS) is 28.2. The van der Waals surface area contributed by atoms with Gasteiger partial charge in [-0.1, -0.05) is 38.1 Å². The number of nitrogens with zero attached hydrogens (tertiary/aromatic N) is 2. The van der Waals surface area contributed by atoms with Crippen LogP contribution in [0.3, 0.4) is 0 Å². The predicted molar refractivity (Wildman–Crippen MR) is 430 cm³/mol. The number of hydrogen-bond donors (Lipinski definition) is 1. The first-order valence-corrected chi connectivity index (χ1v) is 49.6. The number of hydrogen-bond acceptors (Lipinski definition) is 17. The Balaban J connectivity index is 0.000000148. The van der Waals surface area contributed by atoms with E-state index in [0.717, 1.165) is 72.8 Å². The van der Waals surface area contributed by atoms with E-state index in [1.807, 2.05) is 0 Å². The molecule has 0 aromatic heterocycles. The minimum Gasteiger partial charge on any atom is -0.497 e. The summed E-state index contributed by atoms with van der Waals surface area (Å²) in [4.78, 5) is -1.43.